The smallest absolute Gasteiger partial charge is 0.110 e. The van der Waals surface area contributed by atoms with E-state index in [4.69, 9.17) is 0 Å². The van der Waals surface area contributed by atoms with Crippen LogP contribution < -0.4 is 0 Å². The first-order chi connectivity index (χ1) is 6.45. The van der Waals surface area contributed by atoms with Crippen molar-refractivity contribution in [2.45, 2.75) is 8.68 Å². The molecule has 6 nitrogen and oxygen atoms in total. The van der Waals surface area contributed by atoms with Gasteiger partial charge in [-0.1, -0.05) is 32.5 Å². The molecule has 0 amide bonds. The van der Waals surface area contributed by atoms with Gasteiger partial charge >= 0.3 is 0 Å². The number of hydrogen-bond donors (Lipinski definition) is 0. The fourth-order valence-corrected chi connectivity index (χ4v) is 3.64. The zero-order valence-electron chi connectivity index (χ0n) is 6.02. The van der Waals surface area contributed by atoms with Gasteiger partial charge in [0.1, 0.15) is 0 Å². The van der Waals surface area contributed by atoms with Crippen LogP contribution in [0.25, 0.3) is 0 Å². The van der Waals surface area contributed by atoms with Crippen molar-refractivity contribution in [1.29, 1.82) is 0 Å². The third-order valence-corrected chi connectivity index (χ3v) is 4.47. The van der Waals surface area contributed by atoms with Crippen LogP contribution in [0, 0.1) is 0 Å². The number of aromatic nitrogens is 6. The number of nitrogens with zero attached hydrogens (tertiary/aromatic N) is 6. The lowest BCUT2D eigenvalue weighted by Crippen LogP contribution is -1.74. The van der Waals surface area contributed by atoms with Crippen LogP contribution in [0.4, 0.5) is 0 Å². The van der Waals surface area contributed by atoms with Crippen LogP contribution in [0.15, 0.2) is 8.68 Å². The molecule has 2 aromatic heterocycles. The Labute approximate surface area is 89.9 Å². The highest BCUT2D eigenvalue weighted by atomic mass is 32.2. The summed E-state index contributed by atoms with van der Waals surface area (Å²) in [4.78, 5) is 0. The third-order valence-electron chi connectivity index (χ3n) is 0.928. The lowest BCUT2D eigenvalue weighted by molar-refractivity contribution is 0.914. The summed E-state index contributed by atoms with van der Waals surface area (Å²) < 4.78 is 9.03. The minimum Gasteiger partial charge on any atom is -0.110 e. The van der Waals surface area contributed by atoms with Crippen LogP contribution in [0.5, 0.6) is 0 Å². The predicted octanol–water partition coefficient (Wildman–Crippen LogP) is 1.02. The van der Waals surface area contributed by atoms with Crippen molar-refractivity contribution in [1.82, 2.24) is 29.6 Å². The molecule has 13 heavy (non-hydrogen) atoms. The van der Waals surface area contributed by atoms with Gasteiger partial charge in [-0.3, -0.25) is 0 Å². The van der Waals surface area contributed by atoms with Gasteiger partial charge in [0.25, 0.3) is 0 Å². The highest BCUT2D eigenvalue weighted by molar-refractivity contribution is 8.17. The molecule has 0 saturated carbocycles. The standard InChI is InChI=1S/C3H2N6S4/c1(10-2-4-6-8-12-2)11-3-5-7-9-13-3/h1H2. The van der Waals surface area contributed by atoms with Gasteiger partial charge in [0.05, 0.1) is 5.08 Å². The first-order valence-corrected chi connectivity index (χ1v) is 6.52. The molecule has 2 aromatic rings. The second kappa shape index (κ2) is 4.79. The van der Waals surface area contributed by atoms with Gasteiger partial charge in [-0.25, -0.2) is 0 Å². The molecule has 0 aliphatic rings. The van der Waals surface area contributed by atoms with Crippen LogP contribution in [0.3, 0.4) is 0 Å². The van der Waals surface area contributed by atoms with Crippen molar-refractivity contribution >= 4 is 46.6 Å². The topological polar surface area (TPSA) is 77.3 Å². The first kappa shape index (κ1) is 9.24. The Bertz CT molecular complexity index is 296. The van der Waals surface area contributed by atoms with Crippen molar-refractivity contribution in [3.8, 4) is 0 Å². The van der Waals surface area contributed by atoms with Gasteiger partial charge in [-0.2, -0.15) is 0 Å². The molecule has 0 N–H and O–H groups in total. The van der Waals surface area contributed by atoms with E-state index in [2.05, 4.69) is 29.6 Å². The molecule has 0 atom stereocenters. The predicted molar refractivity (Wildman–Crippen MR) is 52.0 cm³/mol. The van der Waals surface area contributed by atoms with Crippen molar-refractivity contribution in [2.24, 2.45) is 0 Å². The van der Waals surface area contributed by atoms with E-state index in [1.807, 2.05) is 0 Å². The van der Waals surface area contributed by atoms with Gasteiger partial charge in [-0.05, 0) is 10.4 Å². The van der Waals surface area contributed by atoms with Crippen molar-refractivity contribution in [2.75, 3.05) is 5.08 Å². The summed E-state index contributed by atoms with van der Waals surface area (Å²) in [5.41, 5.74) is 0. The molecule has 2 heterocycles. The Morgan fingerprint density at radius 2 is 1.46 bits per heavy atom. The van der Waals surface area contributed by atoms with Crippen LogP contribution in [-0.4, -0.2) is 34.7 Å². The second-order valence-corrected chi connectivity index (χ2v) is 5.94. The van der Waals surface area contributed by atoms with E-state index in [1.165, 1.54) is 23.1 Å². The highest BCUT2D eigenvalue weighted by Gasteiger charge is 2.02. The normalized spacial score (nSPS) is 10.5. The van der Waals surface area contributed by atoms with Gasteiger partial charge in [0.15, 0.2) is 8.68 Å². The van der Waals surface area contributed by atoms with E-state index in [0.717, 1.165) is 13.8 Å². The van der Waals surface area contributed by atoms with E-state index >= 15 is 0 Å². The highest BCUT2D eigenvalue weighted by Crippen LogP contribution is 2.27. The van der Waals surface area contributed by atoms with Crippen molar-refractivity contribution in [3.63, 3.8) is 0 Å². The lowest BCUT2D eigenvalue weighted by atomic mass is 11.6. The average molecular weight is 250 g/mol. The van der Waals surface area contributed by atoms with E-state index in [9.17, 15) is 0 Å². The minimum atomic E-state index is 0.827. The summed E-state index contributed by atoms with van der Waals surface area (Å²) in [7, 11) is 0. The van der Waals surface area contributed by atoms with Gasteiger partial charge in [0.2, 0.25) is 0 Å². The van der Waals surface area contributed by atoms with Gasteiger partial charge in [-0.15, -0.1) is 10.2 Å². The molecule has 10 heteroatoms. The molecule has 0 radical (unpaired) electrons. The summed E-state index contributed by atoms with van der Waals surface area (Å²) in [6.07, 6.45) is 0. The zero-order chi connectivity index (χ0) is 8.93. The van der Waals surface area contributed by atoms with E-state index in [-0.39, 0.29) is 0 Å². The summed E-state index contributed by atoms with van der Waals surface area (Å²) in [6, 6.07) is 0. The number of rotatable bonds is 4. The summed E-state index contributed by atoms with van der Waals surface area (Å²) in [5.74, 6) is 0. The van der Waals surface area contributed by atoms with Crippen LogP contribution in [-0.2, 0) is 0 Å². The summed E-state index contributed by atoms with van der Waals surface area (Å²) in [6.45, 7) is 0. The van der Waals surface area contributed by atoms with Crippen LogP contribution in [0.1, 0.15) is 0 Å². The Morgan fingerprint density at radius 3 is 1.85 bits per heavy atom. The molecule has 0 aliphatic heterocycles. The van der Waals surface area contributed by atoms with Gasteiger partial charge in [0, 0.05) is 23.1 Å². The molecule has 0 saturated heterocycles. The van der Waals surface area contributed by atoms with Gasteiger partial charge < -0.3 is 0 Å². The number of hydrogen-bond acceptors (Lipinski definition) is 10. The fraction of sp³-hybridized carbons (Fsp3) is 0.333. The first-order valence-electron chi connectivity index (χ1n) is 3.01. The largest absolute Gasteiger partial charge is 0.194 e. The van der Waals surface area contributed by atoms with E-state index in [1.54, 1.807) is 23.5 Å². The maximum atomic E-state index is 3.79. The SMILES string of the molecule is C(Sc1nnns1)Sc1nnns1. The Balaban J connectivity index is 1.76. The average Bonchev–Trinajstić information content (AvgIpc) is 2.75. The molecule has 0 aromatic carbocycles. The third kappa shape index (κ3) is 2.83. The fourth-order valence-electron chi connectivity index (χ4n) is 0.493. The number of thioether (sulfide) groups is 2. The quantitative estimate of drug-likeness (QED) is 0.588. The molecule has 68 valence electrons. The Morgan fingerprint density at radius 1 is 0.923 bits per heavy atom. The maximum absolute atomic E-state index is 3.79. The monoisotopic (exact) mass is 250 g/mol. The molecule has 2 rings (SSSR count). The second-order valence-electron chi connectivity index (χ2n) is 1.66. The lowest BCUT2D eigenvalue weighted by Gasteiger charge is -1.90. The molecule has 0 bridgehead atoms. The molecule has 0 unspecified atom stereocenters. The zero-order valence-corrected chi connectivity index (χ0v) is 9.29. The van der Waals surface area contributed by atoms with Crippen LogP contribution in [0.2, 0.25) is 0 Å². The molecular weight excluding hydrogens is 248 g/mol. The Hall–Kier alpha value is -0.320. The van der Waals surface area contributed by atoms with Crippen molar-refractivity contribution in [3.05, 3.63) is 0 Å². The summed E-state index contributed by atoms with van der Waals surface area (Å²) in [5, 5.41) is 15.4. The Kier molecular flexibility index (Phi) is 3.40. The maximum Gasteiger partial charge on any atom is 0.194 e. The summed E-state index contributed by atoms with van der Waals surface area (Å²) >= 11 is 5.74. The molecule has 0 spiro atoms. The molecule has 0 aliphatic carbocycles. The van der Waals surface area contributed by atoms with Crippen LogP contribution >= 0.6 is 46.6 Å². The molecular formula is C3H2N6S4. The van der Waals surface area contributed by atoms with E-state index < -0.39 is 0 Å². The molecule has 0 fully saturated rings. The van der Waals surface area contributed by atoms with Crippen molar-refractivity contribution < 1.29 is 0 Å². The minimum absolute atomic E-state index is 0.827. The van der Waals surface area contributed by atoms with E-state index in [0.29, 0.717) is 0 Å².